The van der Waals surface area contributed by atoms with Crippen LogP contribution in [0.4, 0.5) is 4.39 Å². The van der Waals surface area contributed by atoms with Gasteiger partial charge in [0.2, 0.25) is 0 Å². The van der Waals surface area contributed by atoms with Gasteiger partial charge in [0, 0.05) is 10.1 Å². The molecule has 0 heterocycles. The summed E-state index contributed by atoms with van der Waals surface area (Å²) >= 11 is 2.15. The predicted molar refractivity (Wildman–Crippen MR) is 86.3 cm³/mol. The fourth-order valence-corrected chi connectivity index (χ4v) is 2.62. The molecule has 2 aromatic rings. The first-order valence-corrected chi connectivity index (χ1v) is 7.43. The number of aryl methyl sites for hydroxylation is 1. The SMILES string of the molecule is Cc1cc(F)ccc1CCNC(=O)c1ccccc1I. The summed E-state index contributed by atoms with van der Waals surface area (Å²) in [4.78, 5) is 12.0. The molecule has 0 spiro atoms. The van der Waals surface area contributed by atoms with Crippen molar-refractivity contribution < 1.29 is 9.18 Å². The van der Waals surface area contributed by atoms with Crippen LogP contribution in [0.25, 0.3) is 0 Å². The highest BCUT2D eigenvalue weighted by molar-refractivity contribution is 14.1. The minimum atomic E-state index is -0.228. The summed E-state index contributed by atoms with van der Waals surface area (Å²) in [5.41, 5.74) is 2.65. The quantitative estimate of drug-likeness (QED) is 0.802. The molecule has 0 unspecified atom stereocenters. The molecule has 104 valence electrons. The van der Waals surface area contributed by atoms with E-state index in [1.807, 2.05) is 25.1 Å². The first kappa shape index (κ1) is 15.0. The number of amides is 1. The molecule has 1 N–H and O–H groups in total. The van der Waals surface area contributed by atoms with E-state index in [0.29, 0.717) is 18.5 Å². The maximum atomic E-state index is 13.0. The van der Waals surface area contributed by atoms with E-state index in [4.69, 9.17) is 0 Å². The lowest BCUT2D eigenvalue weighted by atomic mass is 10.1. The van der Waals surface area contributed by atoms with Gasteiger partial charge in [-0.1, -0.05) is 18.2 Å². The molecule has 0 aromatic heterocycles. The minimum Gasteiger partial charge on any atom is -0.352 e. The zero-order valence-electron chi connectivity index (χ0n) is 11.1. The summed E-state index contributed by atoms with van der Waals surface area (Å²) in [6.07, 6.45) is 0.696. The Hall–Kier alpha value is -1.43. The monoisotopic (exact) mass is 383 g/mol. The number of benzene rings is 2. The second kappa shape index (κ2) is 6.83. The van der Waals surface area contributed by atoms with Gasteiger partial charge in [0.05, 0.1) is 5.56 Å². The Kier molecular flexibility index (Phi) is 5.11. The van der Waals surface area contributed by atoms with Crippen molar-refractivity contribution in [1.82, 2.24) is 5.32 Å². The summed E-state index contributed by atoms with van der Waals surface area (Å²) in [7, 11) is 0. The number of carbonyl (C=O) groups is 1. The standard InChI is InChI=1S/C16H15FINO/c1-11-10-13(17)7-6-12(11)8-9-19-16(20)14-4-2-3-5-15(14)18/h2-7,10H,8-9H2,1H3,(H,19,20). The molecule has 0 saturated carbocycles. The van der Waals surface area contributed by atoms with E-state index in [9.17, 15) is 9.18 Å². The predicted octanol–water partition coefficient (Wildman–Crippen LogP) is 3.71. The first-order valence-electron chi connectivity index (χ1n) is 6.35. The van der Waals surface area contributed by atoms with E-state index in [-0.39, 0.29) is 11.7 Å². The van der Waals surface area contributed by atoms with Crippen LogP contribution in [0.3, 0.4) is 0 Å². The van der Waals surface area contributed by atoms with Crippen LogP contribution < -0.4 is 5.32 Å². The van der Waals surface area contributed by atoms with Crippen LogP contribution in [0.15, 0.2) is 42.5 Å². The van der Waals surface area contributed by atoms with Crippen molar-refractivity contribution in [2.24, 2.45) is 0 Å². The Labute approximate surface area is 131 Å². The number of rotatable bonds is 4. The minimum absolute atomic E-state index is 0.0743. The highest BCUT2D eigenvalue weighted by Crippen LogP contribution is 2.12. The Balaban J connectivity index is 1.93. The van der Waals surface area contributed by atoms with E-state index in [0.717, 1.165) is 14.7 Å². The fraction of sp³-hybridized carbons (Fsp3) is 0.188. The van der Waals surface area contributed by atoms with E-state index in [1.54, 1.807) is 12.1 Å². The summed E-state index contributed by atoms with van der Waals surface area (Å²) in [6, 6.07) is 12.2. The molecule has 0 aliphatic heterocycles. The summed E-state index contributed by atoms with van der Waals surface area (Å²) in [6.45, 7) is 2.41. The normalized spacial score (nSPS) is 10.3. The van der Waals surface area contributed by atoms with Gasteiger partial charge < -0.3 is 5.32 Å². The molecule has 2 nitrogen and oxygen atoms in total. The van der Waals surface area contributed by atoms with Crippen LogP contribution in [0.5, 0.6) is 0 Å². The van der Waals surface area contributed by atoms with Crippen LogP contribution >= 0.6 is 22.6 Å². The van der Waals surface area contributed by atoms with Crippen LogP contribution in [0, 0.1) is 16.3 Å². The van der Waals surface area contributed by atoms with Crippen molar-refractivity contribution >= 4 is 28.5 Å². The molecule has 20 heavy (non-hydrogen) atoms. The van der Waals surface area contributed by atoms with Crippen molar-refractivity contribution in [1.29, 1.82) is 0 Å². The molecular formula is C16H15FINO. The fourth-order valence-electron chi connectivity index (χ4n) is 1.99. The van der Waals surface area contributed by atoms with Gasteiger partial charge in [-0.05, 0) is 71.3 Å². The molecule has 0 fully saturated rings. The van der Waals surface area contributed by atoms with E-state index >= 15 is 0 Å². The Morgan fingerprint density at radius 3 is 2.70 bits per heavy atom. The molecule has 0 radical (unpaired) electrons. The van der Waals surface area contributed by atoms with Gasteiger partial charge in [0.25, 0.3) is 5.91 Å². The van der Waals surface area contributed by atoms with Gasteiger partial charge in [-0.15, -0.1) is 0 Å². The highest BCUT2D eigenvalue weighted by atomic mass is 127. The van der Waals surface area contributed by atoms with Gasteiger partial charge in [0.15, 0.2) is 0 Å². The molecule has 2 rings (SSSR count). The van der Waals surface area contributed by atoms with E-state index < -0.39 is 0 Å². The van der Waals surface area contributed by atoms with Gasteiger partial charge in [-0.3, -0.25) is 4.79 Å². The van der Waals surface area contributed by atoms with Crippen LogP contribution in [-0.4, -0.2) is 12.5 Å². The van der Waals surface area contributed by atoms with Gasteiger partial charge in [-0.2, -0.15) is 0 Å². The maximum absolute atomic E-state index is 13.0. The molecule has 1 amide bonds. The largest absolute Gasteiger partial charge is 0.352 e. The number of nitrogens with one attached hydrogen (secondary N) is 1. The van der Waals surface area contributed by atoms with Crippen molar-refractivity contribution in [3.05, 3.63) is 68.5 Å². The highest BCUT2D eigenvalue weighted by Gasteiger charge is 2.08. The second-order valence-corrected chi connectivity index (χ2v) is 5.72. The molecule has 4 heteroatoms. The van der Waals surface area contributed by atoms with Gasteiger partial charge >= 0.3 is 0 Å². The Bertz CT molecular complexity index is 628. The lowest BCUT2D eigenvalue weighted by molar-refractivity contribution is 0.0953. The summed E-state index contributed by atoms with van der Waals surface area (Å²) in [5, 5.41) is 2.89. The number of hydrogen-bond acceptors (Lipinski definition) is 1. The van der Waals surface area contributed by atoms with Gasteiger partial charge in [-0.25, -0.2) is 4.39 Å². The number of halogens is 2. The lowest BCUT2D eigenvalue weighted by Crippen LogP contribution is -2.26. The Morgan fingerprint density at radius 2 is 2.00 bits per heavy atom. The van der Waals surface area contributed by atoms with Crippen LogP contribution in [-0.2, 0) is 6.42 Å². The third kappa shape index (κ3) is 3.79. The number of hydrogen-bond donors (Lipinski definition) is 1. The third-order valence-electron chi connectivity index (χ3n) is 3.10. The summed E-state index contributed by atoms with van der Waals surface area (Å²) < 4.78 is 13.9. The maximum Gasteiger partial charge on any atom is 0.252 e. The van der Waals surface area contributed by atoms with E-state index in [2.05, 4.69) is 27.9 Å². The molecule has 0 aliphatic rings. The average molecular weight is 383 g/mol. The summed E-state index contributed by atoms with van der Waals surface area (Å²) in [5.74, 6) is -0.302. The van der Waals surface area contributed by atoms with Gasteiger partial charge in [0.1, 0.15) is 5.82 Å². The molecule has 0 saturated heterocycles. The van der Waals surface area contributed by atoms with Crippen molar-refractivity contribution in [2.45, 2.75) is 13.3 Å². The molecule has 0 atom stereocenters. The van der Waals surface area contributed by atoms with Crippen LogP contribution in [0.1, 0.15) is 21.5 Å². The lowest BCUT2D eigenvalue weighted by Gasteiger charge is -2.08. The van der Waals surface area contributed by atoms with Crippen molar-refractivity contribution in [3.8, 4) is 0 Å². The number of carbonyl (C=O) groups excluding carboxylic acids is 1. The average Bonchev–Trinajstić information content (AvgIpc) is 2.41. The molecule has 0 bridgehead atoms. The Morgan fingerprint density at radius 1 is 1.25 bits per heavy atom. The van der Waals surface area contributed by atoms with Crippen molar-refractivity contribution in [3.63, 3.8) is 0 Å². The zero-order chi connectivity index (χ0) is 14.5. The molecule has 0 aliphatic carbocycles. The third-order valence-corrected chi connectivity index (χ3v) is 4.04. The van der Waals surface area contributed by atoms with E-state index in [1.165, 1.54) is 12.1 Å². The second-order valence-electron chi connectivity index (χ2n) is 4.56. The molecule has 2 aromatic carbocycles. The first-order chi connectivity index (χ1) is 9.58. The topological polar surface area (TPSA) is 29.1 Å². The van der Waals surface area contributed by atoms with Crippen molar-refractivity contribution in [2.75, 3.05) is 6.54 Å². The molecular weight excluding hydrogens is 368 g/mol. The van der Waals surface area contributed by atoms with Crippen LogP contribution in [0.2, 0.25) is 0 Å². The smallest absolute Gasteiger partial charge is 0.252 e. The zero-order valence-corrected chi connectivity index (χ0v) is 13.3.